The van der Waals surface area contributed by atoms with Crippen molar-refractivity contribution in [2.45, 2.75) is 52.6 Å². The van der Waals surface area contributed by atoms with Gasteiger partial charge in [0.05, 0.1) is 12.7 Å². The summed E-state index contributed by atoms with van der Waals surface area (Å²) in [5, 5.41) is 16.3. The molecule has 5 heteroatoms. The van der Waals surface area contributed by atoms with Crippen LogP contribution in [0.2, 0.25) is 0 Å². The third-order valence-electron chi connectivity index (χ3n) is 3.87. The smallest absolute Gasteiger partial charge is 0.191 e. The van der Waals surface area contributed by atoms with Crippen LogP contribution in [0.25, 0.3) is 0 Å². The van der Waals surface area contributed by atoms with Crippen LogP contribution in [0.15, 0.2) is 4.99 Å². The van der Waals surface area contributed by atoms with Crippen molar-refractivity contribution in [2.75, 3.05) is 32.8 Å². The average molecular weight is 299 g/mol. The Labute approximate surface area is 129 Å². The second-order valence-electron chi connectivity index (χ2n) is 5.92. The monoisotopic (exact) mass is 299 g/mol. The Bertz CT molecular complexity index is 289. The molecule has 1 rings (SSSR count). The molecule has 124 valence electrons. The van der Waals surface area contributed by atoms with Gasteiger partial charge in [-0.25, -0.2) is 0 Å². The first-order chi connectivity index (χ1) is 10.2. The number of hydrogen-bond donors (Lipinski definition) is 3. The molecule has 0 aromatic heterocycles. The zero-order valence-electron chi connectivity index (χ0n) is 13.9. The molecule has 1 saturated carbocycles. The third-order valence-corrected chi connectivity index (χ3v) is 3.87. The summed E-state index contributed by atoms with van der Waals surface area (Å²) in [7, 11) is 0. The number of nitrogens with zero attached hydrogens (tertiary/aromatic N) is 1. The Morgan fingerprint density at radius 3 is 2.52 bits per heavy atom. The fourth-order valence-corrected chi connectivity index (χ4v) is 2.04. The topological polar surface area (TPSA) is 65.9 Å². The first-order valence-corrected chi connectivity index (χ1v) is 8.47. The van der Waals surface area contributed by atoms with Crippen molar-refractivity contribution in [2.24, 2.45) is 16.8 Å². The van der Waals surface area contributed by atoms with E-state index in [2.05, 4.69) is 29.5 Å². The summed E-state index contributed by atoms with van der Waals surface area (Å²) in [5.74, 6) is 2.15. The maximum absolute atomic E-state index is 9.90. The Kier molecular flexibility index (Phi) is 9.42. The van der Waals surface area contributed by atoms with Crippen LogP contribution in [-0.4, -0.2) is 50.0 Å². The van der Waals surface area contributed by atoms with E-state index in [1.807, 2.05) is 6.92 Å². The lowest BCUT2D eigenvalue weighted by atomic mass is 10.0. The maximum Gasteiger partial charge on any atom is 0.191 e. The highest BCUT2D eigenvalue weighted by molar-refractivity contribution is 5.79. The van der Waals surface area contributed by atoms with Crippen LogP contribution in [0.3, 0.4) is 0 Å². The highest BCUT2D eigenvalue weighted by Gasteiger charge is 2.21. The van der Waals surface area contributed by atoms with Crippen LogP contribution in [-0.2, 0) is 4.74 Å². The molecule has 0 amide bonds. The summed E-state index contributed by atoms with van der Waals surface area (Å²) < 4.78 is 5.49. The molecular weight excluding hydrogens is 266 g/mol. The summed E-state index contributed by atoms with van der Waals surface area (Å²) >= 11 is 0. The predicted molar refractivity (Wildman–Crippen MR) is 87.6 cm³/mol. The molecule has 3 N–H and O–H groups in total. The van der Waals surface area contributed by atoms with Crippen LogP contribution in [0.4, 0.5) is 0 Å². The van der Waals surface area contributed by atoms with Gasteiger partial charge in [0.25, 0.3) is 0 Å². The number of rotatable bonds is 11. The molecule has 0 saturated heterocycles. The molecule has 0 aromatic carbocycles. The standard InChI is InChI=1S/C16H33N3O2/c1-4-13(5-2)9-18-16(17-6-3)19-10-15(20)12-21-11-14-7-8-14/h13-15,20H,4-12H2,1-3H3,(H2,17,18,19). The zero-order valence-corrected chi connectivity index (χ0v) is 13.9. The first-order valence-electron chi connectivity index (χ1n) is 8.47. The van der Waals surface area contributed by atoms with Crippen molar-refractivity contribution >= 4 is 5.96 Å². The Morgan fingerprint density at radius 2 is 1.95 bits per heavy atom. The van der Waals surface area contributed by atoms with Crippen LogP contribution < -0.4 is 10.6 Å². The van der Waals surface area contributed by atoms with E-state index in [1.165, 1.54) is 12.8 Å². The molecule has 0 aromatic rings. The predicted octanol–water partition coefficient (Wildman–Crippen LogP) is 1.77. The molecule has 1 aliphatic carbocycles. The minimum Gasteiger partial charge on any atom is -0.389 e. The van der Waals surface area contributed by atoms with Gasteiger partial charge < -0.3 is 20.5 Å². The molecule has 1 aliphatic rings. The third kappa shape index (κ3) is 8.94. The fraction of sp³-hybridized carbons (Fsp3) is 0.938. The molecule has 1 atom stereocenters. The lowest BCUT2D eigenvalue weighted by molar-refractivity contribution is 0.0345. The van der Waals surface area contributed by atoms with E-state index in [4.69, 9.17) is 4.74 Å². The van der Waals surface area contributed by atoms with Crippen molar-refractivity contribution in [3.8, 4) is 0 Å². The molecule has 1 fully saturated rings. The highest BCUT2D eigenvalue weighted by Crippen LogP contribution is 2.28. The number of ether oxygens (including phenoxy) is 1. The van der Waals surface area contributed by atoms with Gasteiger partial charge >= 0.3 is 0 Å². The number of hydrogen-bond acceptors (Lipinski definition) is 3. The van der Waals surface area contributed by atoms with E-state index >= 15 is 0 Å². The van der Waals surface area contributed by atoms with E-state index in [-0.39, 0.29) is 0 Å². The van der Waals surface area contributed by atoms with Crippen molar-refractivity contribution in [3.63, 3.8) is 0 Å². The normalized spacial score (nSPS) is 17.1. The molecule has 21 heavy (non-hydrogen) atoms. The number of guanidine groups is 1. The van der Waals surface area contributed by atoms with Crippen LogP contribution in [0.5, 0.6) is 0 Å². The minimum atomic E-state index is -0.485. The van der Waals surface area contributed by atoms with Gasteiger partial charge in [-0.15, -0.1) is 0 Å². The van der Waals surface area contributed by atoms with Crippen molar-refractivity contribution < 1.29 is 9.84 Å². The van der Waals surface area contributed by atoms with Gasteiger partial charge in [0.2, 0.25) is 0 Å². The van der Waals surface area contributed by atoms with Gasteiger partial charge in [0.1, 0.15) is 0 Å². The fourth-order valence-electron chi connectivity index (χ4n) is 2.04. The lowest BCUT2D eigenvalue weighted by Gasteiger charge is -2.16. The SMILES string of the molecule is CCNC(=NCC(CC)CC)NCC(O)COCC1CC1. The van der Waals surface area contributed by atoms with E-state index in [9.17, 15) is 5.11 Å². The molecule has 0 radical (unpaired) electrons. The van der Waals surface area contributed by atoms with E-state index in [0.29, 0.717) is 19.1 Å². The zero-order chi connectivity index (χ0) is 15.5. The van der Waals surface area contributed by atoms with E-state index in [1.54, 1.807) is 0 Å². The Balaban J connectivity index is 2.22. The molecule has 0 heterocycles. The second kappa shape index (κ2) is 10.9. The van der Waals surface area contributed by atoms with Gasteiger partial charge in [0, 0.05) is 26.2 Å². The van der Waals surface area contributed by atoms with E-state index < -0.39 is 6.10 Å². The largest absolute Gasteiger partial charge is 0.389 e. The number of nitrogens with one attached hydrogen (secondary N) is 2. The van der Waals surface area contributed by atoms with E-state index in [0.717, 1.165) is 44.4 Å². The Hall–Kier alpha value is -0.810. The van der Waals surface area contributed by atoms with Crippen LogP contribution >= 0.6 is 0 Å². The molecule has 0 bridgehead atoms. The second-order valence-corrected chi connectivity index (χ2v) is 5.92. The summed E-state index contributed by atoms with van der Waals surface area (Å²) in [6.07, 6.45) is 4.37. The Morgan fingerprint density at radius 1 is 1.24 bits per heavy atom. The minimum absolute atomic E-state index is 0.398. The van der Waals surface area contributed by atoms with Gasteiger partial charge in [-0.3, -0.25) is 4.99 Å². The summed E-state index contributed by atoms with van der Waals surface area (Å²) in [5.41, 5.74) is 0. The highest BCUT2D eigenvalue weighted by atomic mass is 16.5. The van der Waals surface area contributed by atoms with Gasteiger partial charge in [-0.1, -0.05) is 26.7 Å². The van der Waals surface area contributed by atoms with Crippen LogP contribution in [0, 0.1) is 11.8 Å². The van der Waals surface area contributed by atoms with Crippen molar-refractivity contribution in [1.29, 1.82) is 0 Å². The number of aliphatic hydroxyl groups is 1. The van der Waals surface area contributed by atoms with Crippen molar-refractivity contribution in [1.82, 2.24) is 10.6 Å². The maximum atomic E-state index is 9.90. The quantitative estimate of drug-likeness (QED) is 0.402. The first kappa shape index (κ1) is 18.2. The molecular formula is C16H33N3O2. The van der Waals surface area contributed by atoms with Gasteiger partial charge in [-0.2, -0.15) is 0 Å². The van der Waals surface area contributed by atoms with Crippen LogP contribution in [0.1, 0.15) is 46.5 Å². The van der Waals surface area contributed by atoms with Gasteiger partial charge in [0.15, 0.2) is 5.96 Å². The molecule has 5 nitrogen and oxygen atoms in total. The molecule has 0 aliphatic heterocycles. The summed E-state index contributed by atoms with van der Waals surface area (Å²) in [6.45, 7) is 9.76. The summed E-state index contributed by atoms with van der Waals surface area (Å²) in [4.78, 5) is 4.59. The molecule has 0 spiro atoms. The average Bonchev–Trinajstić information content (AvgIpc) is 3.29. The molecule has 1 unspecified atom stereocenters. The van der Waals surface area contributed by atoms with Crippen molar-refractivity contribution in [3.05, 3.63) is 0 Å². The van der Waals surface area contributed by atoms with Gasteiger partial charge in [-0.05, 0) is 31.6 Å². The number of aliphatic hydroxyl groups excluding tert-OH is 1. The lowest BCUT2D eigenvalue weighted by Crippen LogP contribution is -2.42. The summed E-state index contributed by atoms with van der Waals surface area (Å²) in [6, 6.07) is 0. The number of aliphatic imine (C=N–C) groups is 1.